The standard InChI is InChI=1S/C16H17NO/c1-2-7-14(8-3-1)18-15-9-4-6-13(12-15)16-10-5-11-17-16/h1-4,6-9,12,16-17H,5,10-11H2/t16-/m1/s1. The number of hydrogen-bond acceptors (Lipinski definition) is 2. The molecule has 2 heteroatoms. The maximum absolute atomic E-state index is 5.85. The minimum Gasteiger partial charge on any atom is -0.457 e. The molecular formula is C16H17NO. The van der Waals surface area contributed by atoms with Crippen molar-refractivity contribution in [2.24, 2.45) is 0 Å². The number of benzene rings is 2. The van der Waals surface area contributed by atoms with Gasteiger partial charge in [-0.3, -0.25) is 0 Å². The van der Waals surface area contributed by atoms with E-state index in [4.69, 9.17) is 4.74 Å². The van der Waals surface area contributed by atoms with E-state index >= 15 is 0 Å². The second kappa shape index (κ2) is 5.23. The van der Waals surface area contributed by atoms with Crippen molar-refractivity contribution in [3.63, 3.8) is 0 Å². The van der Waals surface area contributed by atoms with Crippen molar-refractivity contribution in [2.45, 2.75) is 18.9 Å². The van der Waals surface area contributed by atoms with Crippen molar-refractivity contribution in [1.82, 2.24) is 5.32 Å². The summed E-state index contributed by atoms with van der Waals surface area (Å²) in [4.78, 5) is 0. The van der Waals surface area contributed by atoms with Gasteiger partial charge in [-0.1, -0.05) is 30.3 Å². The van der Waals surface area contributed by atoms with Crippen LogP contribution in [0, 0.1) is 0 Å². The van der Waals surface area contributed by atoms with Crippen molar-refractivity contribution < 1.29 is 4.74 Å². The van der Waals surface area contributed by atoms with Crippen molar-refractivity contribution >= 4 is 0 Å². The van der Waals surface area contributed by atoms with E-state index < -0.39 is 0 Å². The van der Waals surface area contributed by atoms with Gasteiger partial charge in [0.2, 0.25) is 0 Å². The van der Waals surface area contributed by atoms with Gasteiger partial charge in [-0.05, 0) is 49.2 Å². The predicted molar refractivity (Wildman–Crippen MR) is 72.9 cm³/mol. The van der Waals surface area contributed by atoms with Crippen molar-refractivity contribution in [2.75, 3.05) is 6.54 Å². The third-order valence-electron chi connectivity index (χ3n) is 3.30. The highest BCUT2D eigenvalue weighted by Crippen LogP contribution is 2.28. The van der Waals surface area contributed by atoms with Crippen molar-refractivity contribution in [3.05, 3.63) is 60.2 Å². The Hall–Kier alpha value is -1.80. The van der Waals surface area contributed by atoms with Gasteiger partial charge in [-0.15, -0.1) is 0 Å². The van der Waals surface area contributed by atoms with Gasteiger partial charge in [0.25, 0.3) is 0 Å². The third kappa shape index (κ3) is 2.54. The molecule has 0 unspecified atom stereocenters. The Labute approximate surface area is 108 Å². The fourth-order valence-electron chi connectivity index (χ4n) is 2.39. The van der Waals surface area contributed by atoms with E-state index in [-0.39, 0.29) is 0 Å². The molecule has 18 heavy (non-hydrogen) atoms. The molecule has 1 saturated heterocycles. The molecule has 0 amide bonds. The van der Waals surface area contributed by atoms with Crippen molar-refractivity contribution in [3.8, 4) is 11.5 Å². The highest BCUT2D eigenvalue weighted by atomic mass is 16.5. The molecule has 0 spiro atoms. The number of para-hydroxylation sites is 1. The van der Waals surface area contributed by atoms with Crippen LogP contribution in [0.15, 0.2) is 54.6 Å². The van der Waals surface area contributed by atoms with Crippen LogP contribution in [0.25, 0.3) is 0 Å². The molecule has 1 aliphatic heterocycles. The lowest BCUT2D eigenvalue weighted by atomic mass is 10.1. The Bertz CT molecular complexity index is 504. The molecule has 2 aromatic carbocycles. The summed E-state index contributed by atoms with van der Waals surface area (Å²) < 4.78 is 5.85. The first-order valence-corrected chi connectivity index (χ1v) is 6.48. The van der Waals surface area contributed by atoms with E-state index in [9.17, 15) is 0 Å². The Morgan fingerprint density at radius 3 is 2.56 bits per heavy atom. The first-order valence-electron chi connectivity index (χ1n) is 6.48. The molecule has 0 radical (unpaired) electrons. The molecule has 0 bridgehead atoms. The van der Waals surface area contributed by atoms with Crippen LogP contribution < -0.4 is 10.1 Å². The van der Waals surface area contributed by atoms with Crippen LogP contribution >= 0.6 is 0 Å². The fourth-order valence-corrected chi connectivity index (χ4v) is 2.39. The van der Waals surface area contributed by atoms with Gasteiger partial charge in [0.15, 0.2) is 0 Å². The van der Waals surface area contributed by atoms with Gasteiger partial charge in [-0.2, -0.15) is 0 Å². The van der Waals surface area contributed by atoms with E-state index in [0.717, 1.165) is 18.0 Å². The molecule has 0 aliphatic carbocycles. The lowest BCUT2D eigenvalue weighted by molar-refractivity contribution is 0.480. The van der Waals surface area contributed by atoms with Crippen LogP contribution in [-0.4, -0.2) is 6.54 Å². The van der Waals surface area contributed by atoms with Crippen LogP contribution in [0.2, 0.25) is 0 Å². The normalized spacial score (nSPS) is 18.8. The molecule has 1 heterocycles. The molecule has 1 atom stereocenters. The summed E-state index contributed by atoms with van der Waals surface area (Å²) in [5.41, 5.74) is 1.32. The molecule has 0 aromatic heterocycles. The second-order valence-corrected chi connectivity index (χ2v) is 4.64. The van der Waals surface area contributed by atoms with E-state index in [0.29, 0.717) is 6.04 Å². The Morgan fingerprint density at radius 1 is 0.944 bits per heavy atom. The largest absolute Gasteiger partial charge is 0.457 e. The summed E-state index contributed by atoms with van der Waals surface area (Å²) in [5.74, 6) is 1.79. The van der Waals surface area contributed by atoms with E-state index in [1.165, 1.54) is 18.4 Å². The average Bonchev–Trinajstić information content (AvgIpc) is 2.94. The van der Waals surface area contributed by atoms with Gasteiger partial charge >= 0.3 is 0 Å². The highest BCUT2D eigenvalue weighted by Gasteiger charge is 2.16. The van der Waals surface area contributed by atoms with Gasteiger partial charge in [0.1, 0.15) is 11.5 Å². The summed E-state index contributed by atoms with van der Waals surface area (Å²) in [5, 5.41) is 3.51. The molecule has 0 saturated carbocycles. The maximum Gasteiger partial charge on any atom is 0.127 e. The monoisotopic (exact) mass is 239 g/mol. The zero-order valence-corrected chi connectivity index (χ0v) is 10.3. The van der Waals surface area contributed by atoms with Gasteiger partial charge in [0.05, 0.1) is 0 Å². The van der Waals surface area contributed by atoms with Crippen molar-refractivity contribution in [1.29, 1.82) is 0 Å². The van der Waals surface area contributed by atoms with E-state index in [2.05, 4.69) is 23.5 Å². The average molecular weight is 239 g/mol. The number of nitrogens with one attached hydrogen (secondary N) is 1. The lowest BCUT2D eigenvalue weighted by Crippen LogP contribution is -2.12. The van der Waals surface area contributed by atoms with Crippen LogP contribution in [0.5, 0.6) is 11.5 Å². The Kier molecular flexibility index (Phi) is 3.29. The van der Waals surface area contributed by atoms with E-state index in [1.54, 1.807) is 0 Å². The van der Waals surface area contributed by atoms with Crippen LogP contribution in [0.3, 0.4) is 0 Å². The third-order valence-corrected chi connectivity index (χ3v) is 3.30. The summed E-state index contributed by atoms with van der Waals surface area (Å²) >= 11 is 0. The smallest absolute Gasteiger partial charge is 0.127 e. The Balaban J connectivity index is 1.78. The second-order valence-electron chi connectivity index (χ2n) is 4.64. The molecule has 2 aromatic rings. The molecule has 2 nitrogen and oxygen atoms in total. The SMILES string of the molecule is c1ccc(Oc2cccc([C@H]3CCCN3)c2)cc1. The number of ether oxygens (including phenoxy) is 1. The predicted octanol–water partition coefficient (Wildman–Crippen LogP) is 3.90. The minimum absolute atomic E-state index is 0.490. The van der Waals surface area contributed by atoms with Gasteiger partial charge in [0, 0.05) is 6.04 Å². The maximum atomic E-state index is 5.85. The van der Waals surface area contributed by atoms with Crippen LogP contribution in [-0.2, 0) is 0 Å². The summed E-state index contributed by atoms with van der Waals surface area (Å²) in [6.45, 7) is 1.12. The first kappa shape index (κ1) is 11.3. The molecular weight excluding hydrogens is 222 g/mol. The lowest BCUT2D eigenvalue weighted by Gasteiger charge is -2.12. The molecule has 1 fully saturated rings. The van der Waals surface area contributed by atoms with Crippen LogP contribution in [0.1, 0.15) is 24.4 Å². The topological polar surface area (TPSA) is 21.3 Å². The quantitative estimate of drug-likeness (QED) is 0.877. The van der Waals surface area contributed by atoms with Crippen LogP contribution in [0.4, 0.5) is 0 Å². The summed E-state index contributed by atoms with van der Waals surface area (Å²) in [6, 6.07) is 18.8. The number of hydrogen-bond donors (Lipinski definition) is 1. The highest BCUT2D eigenvalue weighted by molar-refractivity contribution is 5.35. The molecule has 92 valence electrons. The Morgan fingerprint density at radius 2 is 1.78 bits per heavy atom. The minimum atomic E-state index is 0.490. The molecule has 3 rings (SSSR count). The molecule has 1 aliphatic rings. The zero-order chi connectivity index (χ0) is 12.2. The molecule has 1 N–H and O–H groups in total. The van der Waals surface area contributed by atoms with Gasteiger partial charge in [-0.25, -0.2) is 0 Å². The number of rotatable bonds is 3. The fraction of sp³-hybridized carbons (Fsp3) is 0.250. The summed E-state index contributed by atoms with van der Waals surface area (Å²) in [6.07, 6.45) is 2.48. The van der Waals surface area contributed by atoms with Gasteiger partial charge < -0.3 is 10.1 Å². The zero-order valence-electron chi connectivity index (χ0n) is 10.3. The summed E-state index contributed by atoms with van der Waals surface area (Å²) in [7, 11) is 0. The first-order chi connectivity index (χ1) is 8.92. The van der Waals surface area contributed by atoms with E-state index in [1.807, 2.05) is 36.4 Å².